The Bertz CT molecular complexity index is 670. The van der Waals surface area contributed by atoms with Crippen LogP contribution in [0.2, 0.25) is 0 Å². The van der Waals surface area contributed by atoms with Crippen molar-refractivity contribution in [3.8, 4) is 5.75 Å². The molecule has 2 atom stereocenters. The van der Waals surface area contributed by atoms with Gasteiger partial charge in [-0.1, -0.05) is 12.1 Å². The number of aliphatic hydroxyl groups excluding tert-OH is 1. The molecule has 1 aromatic rings. The second-order valence-electron chi connectivity index (χ2n) is 7.85. The number of hydrogen-bond donors (Lipinski definition) is 1. The molecule has 2 saturated heterocycles. The van der Waals surface area contributed by atoms with Crippen LogP contribution in [0.15, 0.2) is 24.3 Å². The summed E-state index contributed by atoms with van der Waals surface area (Å²) in [7, 11) is 0. The highest BCUT2D eigenvalue weighted by Crippen LogP contribution is 2.35. The topological polar surface area (TPSA) is 70.1 Å². The summed E-state index contributed by atoms with van der Waals surface area (Å²) in [6.45, 7) is 6.54. The van der Waals surface area contributed by atoms with Crippen molar-refractivity contribution >= 4 is 11.8 Å². The van der Waals surface area contributed by atoms with Crippen LogP contribution in [0.25, 0.3) is 0 Å². The molecule has 0 radical (unpaired) electrons. The van der Waals surface area contributed by atoms with Gasteiger partial charge in [0, 0.05) is 45.6 Å². The first-order valence-electron chi connectivity index (χ1n) is 9.81. The summed E-state index contributed by atoms with van der Waals surface area (Å²) in [6, 6.07) is 7.67. The number of benzene rings is 1. The van der Waals surface area contributed by atoms with Crippen LogP contribution in [-0.2, 0) is 9.59 Å². The van der Waals surface area contributed by atoms with Gasteiger partial charge in [-0.25, -0.2) is 0 Å². The first kappa shape index (κ1) is 19.7. The van der Waals surface area contributed by atoms with Crippen molar-refractivity contribution in [3.05, 3.63) is 29.8 Å². The van der Waals surface area contributed by atoms with Gasteiger partial charge in [0.1, 0.15) is 5.75 Å². The Morgan fingerprint density at radius 3 is 2.56 bits per heavy atom. The van der Waals surface area contributed by atoms with E-state index in [4.69, 9.17) is 4.74 Å². The molecule has 6 nitrogen and oxygen atoms in total. The smallest absolute Gasteiger partial charge is 0.260 e. The maximum atomic E-state index is 12.6. The molecular weight excluding hydrogens is 344 g/mol. The lowest BCUT2D eigenvalue weighted by molar-refractivity contribution is -0.132. The van der Waals surface area contributed by atoms with Gasteiger partial charge in [-0.15, -0.1) is 0 Å². The van der Waals surface area contributed by atoms with E-state index in [1.165, 1.54) is 0 Å². The van der Waals surface area contributed by atoms with Crippen LogP contribution in [0, 0.1) is 24.7 Å². The molecule has 2 fully saturated rings. The fraction of sp³-hybridized carbons (Fsp3) is 0.619. The van der Waals surface area contributed by atoms with E-state index in [9.17, 15) is 14.7 Å². The molecular formula is C21H30N2O4. The van der Waals surface area contributed by atoms with Gasteiger partial charge in [0.05, 0.1) is 0 Å². The van der Waals surface area contributed by atoms with Crippen molar-refractivity contribution in [2.45, 2.75) is 26.7 Å². The van der Waals surface area contributed by atoms with Crippen LogP contribution >= 0.6 is 0 Å². The van der Waals surface area contributed by atoms with Gasteiger partial charge in [-0.05, 0) is 49.3 Å². The van der Waals surface area contributed by atoms with E-state index in [1.54, 1.807) is 6.92 Å². The average molecular weight is 374 g/mol. The summed E-state index contributed by atoms with van der Waals surface area (Å²) >= 11 is 0. The Balaban J connectivity index is 1.54. The van der Waals surface area contributed by atoms with E-state index in [1.807, 2.05) is 41.0 Å². The number of aryl methyl sites for hydroxylation is 1. The standard InChI is InChI=1S/C21H30N2O4/c1-15-4-3-5-19(10-15)27-14-21(26)23-11-18(13-24)20(12-23)17-6-8-22(9-7-17)16(2)25/h3-5,10,17-18,20,24H,6-9,11-14H2,1-2H3/t18-,20-/m0/s1. The molecule has 2 aliphatic heterocycles. The zero-order valence-corrected chi connectivity index (χ0v) is 16.3. The highest BCUT2D eigenvalue weighted by molar-refractivity contribution is 5.78. The fourth-order valence-electron chi connectivity index (χ4n) is 4.41. The summed E-state index contributed by atoms with van der Waals surface area (Å²) < 4.78 is 5.65. The zero-order valence-electron chi connectivity index (χ0n) is 16.3. The Morgan fingerprint density at radius 2 is 1.93 bits per heavy atom. The van der Waals surface area contributed by atoms with E-state index < -0.39 is 0 Å². The zero-order chi connectivity index (χ0) is 19.4. The van der Waals surface area contributed by atoms with E-state index in [0.29, 0.717) is 30.7 Å². The molecule has 0 aliphatic carbocycles. The van der Waals surface area contributed by atoms with Gasteiger partial charge in [-0.2, -0.15) is 0 Å². The molecule has 0 aromatic heterocycles. The minimum absolute atomic E-state index is 0.0249. The van der Waals surface area contributed by atoms with Crippen LogP contribution < -0.4 is 4.74 Å². The second kappa shape index (κ2) is 8.74. The maximum Gasteiger partial charge on any atom is 0.260 e. The molecule has 0 saturated carbocycles. The van der Waals surface area contributed by atoms with Gasteiger partial charge < -0.3 is 19.6 Å². The van der Waals surface area contributed by atoms with Crippen molar-refractivity contribution < 1.29 is 19.4 Å². The Hall–Kier alpha value is -2.08. The summed E-state index contributed by atoms with van der Waals surface area (Å²) in [6.07, 6.45) is 1.89. The van der Waals surface area contributed by atoms with Gasteiger partial charge >= 0.3 is 0 Å². The predicted molar refractivity (Wildman–Crippen MR) is 102 cm³/mol. The van der Waals surface area contributed by atoms with Crippen LogP contribution in [0.5, 0.6) is 5.75 Å². The number of ether oxygens (including phenoxy) is 1. The van der Waals surface area contributed by atoms with Crippen molar-refractivity contribution in [3.63, 3.8) is 0 Å². The van der Waals surface area contributed by atoms with Crippen LogP contribution in [0.3, 0.4) is 0 Å². The summed E-state index contributed by atoms with van der Waals surface area (Å²) in [5.74, 6) is 1.67. The molecule has 0 spiro atoms. The molecule has 27 heavy (non-hydrogen) atoms. The molecule has 1 N–H and O–H groups in total. The number of rotatable bonds is 5. The van der Waals surface area contributed by atoms with Crippen LogP contribution in [0.1, 0.15) is 25.3 Å². The third-order valence-corrected chi connectivity index (χ3v) is 6.02. The number of amides is 2. The summed E-state index contributed by atoms with van der Waals surface area (Å²) in [5, 5.41) is 9.81. The average Bonchev–Trinajstić information content (AvgIpc) is 3.11. The van der Waals surface area contributed by atoms with Crippen molar-refractivity contribution in [1.82, 2.24) is 9.80 Å². The van der Waals surface area contributed by atoms with Gasteiger partial charge in [0.25, 0.3) is 5.91 Å². The van der Waals surface area contributed by atoms with Crippen LogP contribution in [-0.4, -0.2) is 66.1 Å². The summed E-state index contributed by atoms with van der Waals surface area (Å²) in [4.78, 5) is 27.8. The predicted octanol–water partition coefficient (Wildman–Crippen LogP) is 1.70. The highest BCUT2D eigenvalue weighted by Gasteiger charge is 2.40. The lowest BCUT2D eigenvalue weighted by Gasteiger charge is -2.35. The number of likely N-dealkylation sites (tertiary alicyclic amines) is 2. The Kier molecular flexibility index (Phi) is 6.37. The Morgan fingerprint density at radius 1 is 1.19 bits per heavy atom. The summed E-state index contributed by atoms with van der Waals surface area (Å²) in [5.41, 5.74) is 1.10. The van der Waals surface area contributed by atoms with Crippen LogP contribution in [0.4, 0.5) is 0 Å². The van der Waals surface area contributed by atoms with Crippen molar-refractivity contribution in [2.24, 2.45) is 17.8 Å². The van der Waals surface area contributed by atoms with Crippen molar-refractivity contribution in [2.75, 3.05) is 39.4 Å². The molecule has 3 rings (SSSR count). The molecule has 2 amide bonds. The van der Waals surface area contributed by atoms with E-state index in [2.05, 4.69) is 0 Å². The quantitative estimate of drug-likeness (QED) is 0.852. The fourth-order valence-corrected chi connectivity index (χ4v) is 4.41. The molecule has 0 bridgehead atoms. The number of aliphatic hydroxyl groups is 1. The Labute approximate surface area is 161 Å². The second-order valence-corrected chi connectivity index (χ2v) is 7.85. The molecule has 6 heteroatoms. The number of piperidine rings is 1. The number of nitrogens with zero attached hydrogens (tertiary/aromatic N) is 2. The number of carbonyl (C=O) groups excluding carboxylic acids is 2. The maximum absolute atomic E-state index is 12.6. The monoisotopic (exact) mass is 374 g/mol. The van der Waals surface area contributed by atoms with E-state index >= 15 is 0 Å². The number of carbonyl (C=O) groups is 2. The molecule has 2 aliphatic rings. The lowest BCUT2D eigenvalue weighted by Crippen LogP contribution is -2.40. The van der Waals surface area contributed by atoms with Gasteiger partial charge in [-0.3, -0.25) is 9.59 Å². The SMILES string of the molecule is CC(=O)N1CCC([C@@H]2CN(C(=O)COc3cccc(C)c3)C[C@H]2CO)CC1. The first-order chi connectivity index (χ1) is 13.0. The third-order valence-electron chi connectivity index (χ3n) is 6.02. The van der Waals surface area contributed by atoms with Crippen molar-refractivity contribution in [1.29, 1.82) is 0 Å². The molecule has 2 heterocycles. The van der Waals surface area contributed by atoms with E-state index in [-0.39, 0.29) is 30.9 Å². The minimum atomic E-state index is -0.0290. The van der Waals surface area contributed by atoms with Gasteiger partial charge in [0.2, 0.25) is 5.91 Å². The first-order valence-corrected chi connectivity index (χ1v) is 9.81. The molecule has 1 aromatic carbocycles. The minimum Gasteiger partial charge on any atom is -0.484 e. The lowest BCUT2D eigenvalue weighted by atomic mass is 9.79. The van der Waals surface area contributed by atoms with Gasteiger partial charge in [0.15, 0.2) is 6.61 Å². The normalized spacial score (nSPS) is 23.5. The van der Waals surface area contributed by atoms with E-state index in [0.717, 1.165) is 31.5 Å². The molecule has 0 unspecified atom stereocenters. The largest absolute Gasteiger partial charge is 0.484 e. The highest BCUT2D eigenvalue weighted by atomic mass is 16.5. The number of hydrogen-bond acceptors (Lipinski definition) is 4. The molecule has 148 valence electrons. The third kappa shape index (κ3) is 4.80.